The van der Waals surface area contributed by atoms with E-state index in [1.165, 1.54) is 5.56 Å². The molecule has 0 atom stereocenters. The zero-order valence-corrected chi connectivity index (χ0v) is 15.9. The summed E-state index contributed by atoms with van der Waals surface area (Å²) in [6.07, 6.45) is 3.39. The van der Waals surface area contributed by atoms with Crippen LogP contribution in [0.3, 0.4) is 0 Å². The van der Waals surface area contributed by atoms with E-state index in [0.717, 1.165) is 42.7 Å². The summed E-state index contributed by atoms with van der Waals surface area (Å²) in [4.78, 5) is 15.1. The van der Waals surface area contributed by atoms with Gasteiger partial charge in [-0.05, 0) is 69.4 Å². The Morgan fingerprint density at radius 3 is 2.46 bits per heavy atom. The third kappa shape index (κ3) is 2.90. The summed E-state index contributed by atoms with van der Waals surface area (Å²) < 4.78 is 5.79. The van der Waals surface area contributed by atoms with E-state index in [4.69, 9.17) is 4.74 Å². The molecule has 0 radical (unpaired) electrons. The average molecular weight is 349 g/mol. The largest absolute Gasteiger partial charge is 0.491 e. The maximum Gasteiger partial charge on any atom is 0.254 e. The zero-order valence-electron chi connectivity index (χ0n) is 15.9. The first-order chi connectivity index (χ1) is 12.5. The van der Waals surface area contributed by atoms with Crippen molar-refractivity contribution in [3.63, 3.8) is 0 Å². The normalized spacial score (nSPS) is 24.3. The van der Waals surface area contributed by atoms with Crippen molar-refractivity contribution in [3.8, 4) is 5.75 Å². The first-order valence-electron chi connectivity index (χ1n) is 9.62. The second kappa shape index (κ2) is 6.46. The zero-order chi connectivity index (χ0) is 18.3. The van der Waals surface area contributed by atoms with Crippen LogP contribution in [0.4, 0.5) is 0 Å². The smallest absolute Gasteiger partial charge is 0.254 e. The van der Waals surface area contributed by atoms with E-state index in [1.807, 2.05) is 39.0 Å². The van der Waals surface area contributed by atoms with Crippen molar-refractivity contribution < 1.29 is 9.53 Å². The molecule has 3 aliphatic rings. The number of amides is 1. The Kier molecular flexibility index (Phi) is 4.26. The number of hydrogen-bond acceptors (Lipinski definition) is 2. The standard InChI is InChI=1S/C23H27NO2/c1-16(2)26-21-10-9-18(13-17(21)3)22(25)24-12-11-23(14-20(24)15-23)19-7-5-4-6-8-19/h4-10,13,16,20H,11-12,14-15H2,1-3H3. The Morgan fingerprint density at radius 1 is 1.15 bits per heavy atom. The van der Waals surface area contributed by atoms with Crippen molar-refractivity contribution in [2.75, 3.05) is 6.54 Å². The topological polar surface area (TPSA) is 29.5 Å². The molecule has 3 heteroatoms. The number of aryl methyl sites for hydroxylation is 1. The molecule has 1 saturated carbocycles. The molecule has 0 N–H and O–H groups in total. The number of piperidine rings is 2. The molecule has 1 aliphatic carbocycles. The van der Waals surface area contributed by atoms with Gasteiger partial charge in [0, 0.05) is 23.6 Å². The van der Waals surface area contributed by atoms with Crippen LogP contribution in [0.25, 0.3) is 0 Å². The summed E-state index contributed by atoms with van der Waals surface area (Å²) in [5.41, 5.74) is 3.54. The minimum absolute atomic E-state index is 0.137. The lowest BCUT2D eigenvalue weighted by molar-refractivity contribution is -0.00433. The highest BCUT2D eigenvalue weighted by Gasteiger charge is 2.52. The van der Waals surface area contributed by atoms with Crippen LogP contribution < -0.4 is 4.74 Å². The Morgan fingerprint density at radius 2 is 1.88 bits per heavy atom. The van der Waals surface area contributed by atoms with Crippen molar-refractivity contribution in [1.29, 1.82) is 0 Å². The third-order valence-electron chi connectivity index (χ3n) is 5.96. The van der Waals surface area contributed by atoms with Crippen molar-refractivity contribution in [2.45, 2.75) is 57.6 Å². The van der Waals surface area contributed by atoms with Gasteiger partial charge in [0.05, 0.1) is 6.10 Å². The maximum atomic E-state index is 13.0. The number of benzene rings is 2. The summed E-state index contributed by atoms with van der Waals surface area (Å²) in [5.74, 6) is 1.03. The number of carbonyl (C=O) groups excluding carboxylic acids is 1. The molecule has 26 heavy (non-hydrogen) atoms. The van der Waals surface area contributed by atoms with Gasteiger partial charge in [0.15, 0.2) is 0 Å². The van der Waals surface area contributed by atoms with Crippen molar-refractivity contribution in [1.82, 2.24) is 4.90 Å². The minimum Gasteiger partial charge on any atom is -0.491 e. The lowest BCUT2D eigenvalue weighted by atomic mass is 9.57. The van der Waals surface area contributed by atoms with Gasteiger partial charge < -0.3 is 9.64 Å². The first kappa shape index (κ1) is 17.1. The molecular weight excluding hydrogens is 322 g/mol. The molecule has 5 rings (SSSR count). The van der Waals surface area contributed by atoms with Crippen molar-refractivity contribution in [3.05, 3.63) is 65.2 Å². The minimum atomic E-state index is 0.137. The van der Waals surface area contributed by atoms with Gasteiger partial charge in [0.1, 0.15) is 5.75 Å². The fourth-order valence-electron chi connectivity index (χ4n) is 4.56. The van der Waals surface area contributed by atoms with E-state index in [-0.39, 0.29) is 12.0 Å². The van der Waals surface area contributed by atoms with Crippen molar-refractivity contribution >= 4 is 5.91 Å². The molecule has 2 aromatic rings. The predicted octanol–water partition coefficient (Wildman–Crippen LogP) is 4.73. The van der Waals surface area contributed by atoms with Gasteiger partial charge in [-0.15, -0.1) is 0 Å². The van der Waals surface area contributed by atoms with Crippen LogP contribution in [-0.2, 0) is 5.41 Å². The molecule has 0 spiro atoms. The predicted molar refractivity (Wildman–Crippen MR) is 104 cm³/mol. The highest BCUT2D eigenvalue weighted by Crippen LogP contribution is 2.52. The number of nitrogens with zero attached hydrogens (tertiary/aromatic N) is 1. The molecule has 2 aliphatic heterocycles. The van der Waals surface area contributed by atoms with Gasteiger partial charge in [0.25, 0.3) is 5.91 Å². The molecule has 2 bridgehead atoms. The average Bonchev–Trinajstić information content (AvgIpc) is 2.62. The fraction of sp³-hybridized carbons (Fsp3) is 0.435. The van der Waals surface area contributed by atoms with Crippen LogP contribution in [-0.4, -0.2) is 29.5 Å². The van der Waals surface area contributed by atoms with Crippen LogP contribution in [0.2, 0.25) is 0 Å². The number of ether oxygens (including phenoxy) is 1. The molecular formula is C23H27NO2. The molecule has 2 saturated heterocycles. The van der Waals surface area contributed by atoms with E-state index >= 15 is 0 Å². The summed E-state index contributed by atoms with van der Waals surface area (Å²) in [7, 11) is 0. The van der Waals surface area contributed by atoms with Gasteiger partial charge in [-0.3, -0.25) is 4.79 Å². The lowest BCUT2D eigenvalue weighted by Gasteiger charge is -2.58. The van der Waals surface area contributed by atoms with Crippen molar-refractivity contribution in [2.24, 2.45) is 0 Å². The van der Waals surface area contributed by atoms with E-state index < -0.39 is 0 Å². The quantitative estimate of drug-likeness (QED) is 0.799. The highest BCUT2D eigenvalue weighted by molar-refractivity contribution is 5.95. The number of hydrogen-bond donors (Lipinski definition) is 0. The second-order valence-electron chi connectivity index (χ2n) is 8.10. The van der Waals surface area contributed by atoms with E-state index in [2.05, 4.69) is 35.2 Å². The van der Waals surface area contributed by atoms with Crippen LogP contribution >= 0.6 is 0 Å². The van der Waals surface area contributed by atoms with E-state index in [1.54, 1.807) is 0 Å². The molecule has 2 heterocycles. The number of fused-ring (bicyclic) bond motifs is 2. The number of carbonyl (C=O) groups is 1. The Hall–Kier alpha value is -2.29. The van der Waals surface area contributed by atoms with Gasteiger partial charge in [-0.25, -0.2) is 0 Å². The van der Waals surface area contributed by atoms with Crippen LogP contribution in [0.5, 0.6) is 5.75 Å². The summed E-state index contributed by atoms with van der Waals surface area (Å²) in [6, 6.07) is 17.0. The summed E-state index contributed by atoms with van der Waals surface area (Å²) in [6.45, 7) is 6.89. The Labute approximate surface area is 156 Å². The second-order valence-corrected chi connectivity index (χ2v) is 8.10. The first-order valence-corrected chi connectivity index (χ1v) is 9.62. The van der Waals surface area contributed by atoms with Gasteiger partial charge in [0.2, 0.25) is 0 Å². The maximum absolute atomic E-state index is 13.0. The molecule has 1 amide bonds. The number of rotatable bonds is 4. The van der Waals surface area contributed by atoms with Crippen LogP contribution in [0.1, 0.15) is 54.6 Å². The molecule has 3 nitrogen and oxygen atoms in total. The van der Waals surface area contributed by atoms with E-state index in [0.29, 0.717) is 11.5 Å². The van der Waals surface area contributed by atoms with Crippen LogP contribution in [0, 0.1) is 6.92 Å². The fourth-order valence-corrected chi connectivity index (χ4v) is 4.56. The Bertz CT molecular complexity index is 801. The van der Waals surface area contributed by atoms with Gasteiger partial charge >= 0.3 is 0 Å². The van der Waals surface area contributed by atoms with E-state index in [9.17, 15) is 4.79 Å². The monoisotopic (exact) mass is 349 g/mol. The molecule has 3 fully saturated rings. The highest BCUT2D eigenvalue weighted by atomic mass is 16.5. The molecule has 0 unspecified atom stereocenters. The summed E-state index contributed by atoms with van der Waals surface area (Å²) >= 11 is 0. The third-order valence-corrected chi connectivity index (χ3v) is 5.96. The van der Waals surface area contributed by atoms with Crippen LogP contribution in [0.15, 0.2) is 48.5 Å². The lowest BCUT2D eigenvalue weighted by Crippen LogP contribution is -2.61. The SMILES string of the molecule is Cc1cc(C(=O)N2CCC3(c4ccccc4)CC2C3)ccc1OC(C)C. The molecule has 136 valence electrons. The van der Waals surface area contributed by atoms with Gasteiger partial charge in [-0.2, -0.15) is 0 Å². The summed E-state index contributed by atoms with van der Waals surface area (Å²) in [5, 5.41) is 0. The Balaban J connectivity index is 1.47. The van der Waals surface area contributed by atoms with Gasteiger partial charge in [-0.1, -0.05) is 30.3 Å². The molecule has 0 aromatic heterocycles. The molecule has 2 aromatic carbocycles.